The number of piperidine rings is 2. The number of fused-ring (bicyclic) bond motifs is 2. The van der Waals surface area contributed by atoms with Crippen molar-refractivity contribution < 1.29 is 37.1 Å². The van der Waals surface area contributed by atoms with E-state index < -0.39 is 41.5 Å². The number of amides is 4. The summed E-state index contributed by atoms with van der Waals surface area (Å²) in [4.78, 5) is 65.1. The summed E-state index contributed by atoms with van der Waals surface area (Å²) in [5.41, 5.74) is 10.1. The van der Waals surface area contributed by atoms with Crippen LogP contribution in [0.4, 0.5) is 40.8 Å². The van der Waals surface area contributed by atoms with Gasteiger partial charge in [-0.3, -0.25) is 24.4 Å². The molecule has 2 aromatic carbocycles. The van der Waals surface area contributed by atoms with Crippen molar-refractivity contribution in [2.24, 2.45) is 11.1 Å². The lowest BCUT2D eigenvalue weighted by Gasteiger charge is -2.51. The quantitative estimate of drug-likeness (QED) is 0.139. The molecular formula is C44H48F3N11O5. The predicted octanol–water partition coefficient (Wildman–Crippen LogP) is 5.27. The highest BCUT2D eigenvalue weighted by molar-refractivity contribution is 5.99. The minimum absolute atomic E-state index is 0.0279. The molecule has 5 aromatic rings. The van der Waals surface area contributed by atoms with E-state index in [0.29, 0.717) is 43.1 Å². The van der Waals surface area contributed by atoms with Crippen molar-refractivity contribution in [1.82, 2.24) is 34.7 Å². The zero-order valence-corrected chi connectivity index (χ0v) is 35.2. The van der Waals surface area contributed by atoms with Gasteiger partial charge in [-0.15, -0.1) is 5.10 Å². The van der Waals surface area contributed by atoms with Crippen molar-refractivity contribution >= 4 is 52.7 Å². The van der Waals surface area contributed by atoms with Crippen molar-refractivity contribution in [1.29, 1.82) is 0 Å². The topological polar surface area (TPSA) is 184 Å². The number of halogens is 3. The number of carbonyl (C=O) groups excluding carboxylic acids is 4. The number of primary amides is 1. The van der Waals surface area contributed by atoms with Crippen LogP contribution in [0.25, 0.3) is 16.9 Å². The van der Waals surface area contributed by atoms with Crippen molar-refractivity contribution in [3.63, 3.8) is 0 Å². The van der Waals surface area contributed by atoms with Gasteiger partial charge >= 0.3 is 6.03 Å². The summed E-state index contributed by atoms with van der Waals surface area (Å²) in [6.45, 7) is 0.944. The number of anilines is 4. The summed E-state index contributed by atoms with van der Waals surface area (Å²) >= 11 is 0. The van der Waals surface area contributed by atoms with Crippen LogP contribution in [-0.4, -0.2) is 120 Å². The number of rotatable bonds is 12. The molecule has 3 aromatic heterocycles. The molecule has 8 rings (SSSR count). The van der Waals surface area contributed by atoms with Crippen LogP contribution in [0.3, 0.4) is 0 Å². The summed E-state index contributed by atoms with van der Waals surface area (Å²) in [6.07, 6.45) is 4.82. The second-order valence-electron chi connectivity index (χ2n) is 16.1. The Bertz CT molecular complexity index is 2580. The van der Waals surface area contributed by atoms with Gasteiger partial charge in [0.15, 0.2) is 23.0 Å². The zero-order chi connectivity index (χ0) is 44.6. The van der Waals surface area contributed by atoms with Crippen LogP contribution < -0.4 is 30.9 Å². The Morgan fingerprint density at radius 3 is 2.44 bits per heavy atom. The van der Waals surface area contributed by atoms with Gasteiger partial charge in [-0.05, 0) is 67.6 Å². The molecular weight excluding hydrogens is 820 g/mol. The average Bonchev–Trinajstić information content (AvgIpc) is 3.93. The number of urea groups is 1. The first-order chi connectivity index (χ1) is 30.3. The van der Waals surface area contributed by atoms with E-state index in [-0.39, 0.29) is 68.0 Å². The number of hydrogen-bond acceptors (Lipinski definition) is 11. The number of aromatic nitrogens is 4. The largest absolute Gasteiger partial charge is 0.492 e. The molecule has 2 saturated heterocycles. The standard InChI is InChI=1S/C44H48F3N11O5/c1-49-33-22-37(53-58-36(39(48)60)24-52-40(33)58)56-15-10-30-29(6-4-7-34(30)56)32-9-8-27(23-51-32)25-54-16-11-43(44(46,47)26-54)12-17-55(18-13-43)41(61)28-20-31(45)38(63-3)35(21-28)57(14-5-19-59)42(62)50-2/h4,6-9,19-24,49H,5,10-18,25-26H2,1-3H3,(H2,48,60)(H,50,62). The second-order valence-corrected chi connectivity index (χ2v) is 16.1. The number of aldehydes is 1. The Morgan fingerprint density at radius 1 is 1.00 bits per heavy atom. The Morgan fingerprint density at radius 2 is 1.78 bits per heavy atom. The number of nitrogens with zero attached hydrogens (tertiary/aromatic N) is 8. The number of benzene rings is 2. The number of likely N-dealkylation sites (tertiary alicyclic amines) is 2. The molecule has 330 valence electrons. The van der Waals surface area contributed by atoms with Gasteiger partial charge in [-0.2, -0.15) is 0 Å². The maximum Gasteiger partial charge on any atom is 0.321 e. The summed E-state index contributed by atoms with van der Waals surface area (Å²) in [5, 5.41) is 10.3. The minimum atomic E-state index is -3.04. The van der Waals surface area contributed by atoms with Crippen LogP contribution >= 0.6 is 0 Å². The smallest absolute Gasteiger partial charge is 0.321 e. The fourth-order valence-corrected chi connectivity index (χ4v) is 9.19. The van der Waals surface area contributed by atoms with Gasteiger partial charge < -0.3 is 35.7 Å². The lowest BCUT2D eigenvalue weighted by molar-refractivity contribution is -0.186. The first-order valence-electron chi connectivity index (χ1n) is 20.7. The van der Waals surface area contributed by atoms with Crippen molar-refractivity contribution in [3.8, 4) is 17.0 Å². The number of nitrogens with one attached hydrogen (secondary N) is 2. The molecule has 0 saturated carbocycles. The van der Waals surface area contributed by atoms with Crippen LogP contribution in [-0.2, 0) is 17.8 Å². The summed E-state index contributed by atoms with van der Waals surface area (Å²) in [5.74, 6) is -4.76. The normalized spacial score (nSPS) is 16.8. The van der Waals surface area contributed by atoms with Crippen LogP contribution in [0.1, 0.15) is 57.7 Å². The van der Waals surface area contributed by atoms with Crippen LogP contribution in [0.2, 0.25) is 0 Å². The van der Waals surface area contributed by atoms with Crippen molar-refractivity contribution in [2.45, 2.75) is 44.6 Å². The lowest BCUT2D eigenvalue weighted by Crippen LogP contribution is -2.59. The number of imidazole rings is 1. The monoisotopic (exact) mass is 867 g/mol. The molecule has 4 N–H and O–H groups in total. The molecule has 0 aliphatic carbocycles. The number of pyridine rings is 1. The van der Waals surface area contributed by atoms with Crippen LogP contribution in [0.15, 0.2) is 60.9 Å². The van der Waals surface area contributed by atoms with E-state index >= 15 is 13.2 Å². The first-order valence-corrected chi connectivity index (χ1v) is 20.7. The molecule has 16 nitrogen and oxygen atoms in total. The van der Waals surface area contributed by atoms with Crippen LogP contribution in [0.5, 0.6) is 5.75 Å². The molecule has 19 heteroatoms. The summed E-state index contributed by atoms with van der Waals surface area (Å²) in [7, 11) is 4.38. The molecule has 3 aliphatic heterocycles. The number of hydrogen-bond donors (Lipinski definition) is 3. The molecule has 1 spiro atoms. The van der Waals surface area contributed by atoms with Gasteiger partial charge in [0, 0.05) is 87.7 Å². The number of ether oxygens (including phenoxy) is 1. The summed E-state index contributed by atoms with van der Waals surface area (Å²) in [6, 6.07) is 13.4. The molecule has 0 atom stereocenters. The third kappa shape index (κ3) is 7.85. The molecule has 63 heavy (non-hydrogen) atoms. The Kier molecular flexibility index (Phi) is 11.7. The third-order valence-corrected chi connectivity index (χ3v) is 12.6. The fraction of sp³-hybridized carbons (Fsp3) is 0.386. The van der Waals surface area contributed by atoms with E-state index in [0.717, 1.165) is 45.5 Å². The maximum absolute atomic E-state index is 16.2. The average molecular weight is 868 g/mol. The Labute approximate surface area is 361 Å². The molecule has 4 amide bonds. The molecule has 2 fully saturated rings. The Balaban J connectivity index is 0.918. The molecule has 3 aliphatic rings. The second kappa shape index (κ2) is 17.2. The number of carbonyl (C=O) groups is 4. The van der Waals surface area contributed by atoms with E-state index in [1.54, 1.807) is 18.1 Å². The van der Waals surface area contributed by atoms with Crippen LogP contribution in [0, 0.1) is 11.2 Å². The van der Waals surface area contributed by atoms with Gasteiger partial charge in [-0.25, -0.2) is 27.5 Å². The Hall–Kier alpha value is -6.76. The fourth-order valence-electron chi connectivity index (χ4n) is 9.19. The van der Waals surface area contributed by atoms with Gasteiger partial charge in [0.1, 0.15) is 12.0 Å². The SMILES string of the molecule is CNC(=O)N(CCC=O)c1cc(C(=O)N2CCC3(CCN(Cc4ccc(-c5cccc6c5CCN6c5cc(NC)c6ncc(C(N)=O)n6n5)nc4)CC3(F)F)CC2)cc(F)c1OC. The van der Waals surface area contributed by atoms with Crippen molar-refractivity contribution in [2.75, 3.05) is 75.6 Å². The highest BCUT2D eigenvalue weighted by Gasteiger charge is 2.57. The van der Waals surface area contributed by atoms with E-state index in [4.69, 9.17) is 20.6 Å². The first kappa shape index (κ1) is 42.9. The molecule has 0 bridgehead atoms. The number of methoxy groups -OCH3 is 1. The highest BCUT2D eigenvalue weighted by atomic mass is 19.3. The molecule has 6 heterocycles. The van der Waals surface area contributed by atoms with Gasteiger partial charge in [0.05, 0.1) is 36.9 Å². The van der Waals surface area contributed by atoms with E-state index in [1.165, 1.54) is 35.8 Å². The highest BCUT2D eigenvalue weighted by Crippen LogP contribution is 2.51. The maximum atomic E-state index is 16.2. The van der Waals surface area contributed by atoms with Gasteiger partial charge in [0.25, 0.3) is 17.7 Å². The zero-order valence-electron chi connectivity index (χ0n) is 35.2. The molecule has 0 unspecified atom stereocenters. The predicted molar refractivity (Wildman–Crippen MR) is 229 cm³/mol. The number of nitrogens with two attached hydrogens (primary N) is 1. The molecule has 0 radical (unpaired) electrons. The lowest BCUT2D eigenvalue weighted by atomic mass is 9.68. The minimum Gasteiger partial charge on any atom is -0.492 e. The van der Waals surface area contributed by atoms with E-state index in [1.807, 2.05) is 36.4 Å². The van der Waals surface area contributed by atoms with Gasteiger partial charge in [-0.1, -0.05) is 18.2 Å². The van der Waals surface area contributed by atoms with Crippen molar-refractivity contribution in [3.05, 3.63) is 89.1 Å². The summed E-state index contributed by atoms with van der Waals surface area (Å²) < 4.78 is 54.4. The number of alkyl halides is 2. The van der Waals surface area contributed by atoms with Gasteiger partial charge in [0.2, 0.25) is 0 Å². The third-order valence-electron chi connectivity index (χ3n) is 12.6. The van der Waals surface area contributed by atoms with E-state index in [9.17, 15) is 19.2 Å². The van der Waals surface area contributed by atoms with E-state index in [2.05, 4.69) is 20.5 Å².